The third-order valence-electron chi connectivity index (χ3n) is 3.18. The standard InChI is InChI=1S/C13H22BrN3OS/c1-4-17(5-2)13(18)9-16(3)10(8-15)11-6-7-12(14)19-11/h6-7,10H,4-5,8-9,15H2,1-3H3. The summed E-state index contributed by atoms with van der Waals surface area (Å²) in [6.07, 6.45) is 0. The van der Waals surface area contributed by atoms with Crippen molar-refractivity contribution in [2.45, 2.75) is 19.9 Å². The van der Waals surface area contributed by atoms with Crippen molar-refractivity contribution in [2.24, 2.45) is 5.73 Å². The van der Waals surface area contributed by atoms with Crippen molar-refractivity contribution < 1.29 is 4.79 Å². The minimum atomic E-state index is 0.0933. The summed E-state index contributed by atoms with van der Waals surface area (Å²) in [7, 11) is 1.95. The molecule has 0 radical (unpaired) electrons. The zero-order valence-electron chi connectivity index (χ0n) is 11.7. The number of hydrogen-bond acceptors (Lipinski definition) is 4. The second-order valence-corrected chi connectivity index (χ2v) is 6.87. The monoisotopic (exact) mass is 347 g/mol. The Hall–Kier alpha value is -0.430. The van der Waals surface area contributed by atoms with Gasteiger partial charge in [-0.05, 0) is 49.0 Å². The maximum absolute atomic E-state index is 12.1. The molecule has 19 heavy (non-hydrogen) atoms. The predicted molar refractivity (Wildman–Crippen MR) is 84.4 cm³/mol. The van der Waals surface area contributed by atoms with Gasteiger partial charge >= 0.3 is 0 Å². The molecule has 0 aliphatic heterocycles. The number of halogens is 1. The van der Waals surface area contributed by atoms with Gasteiger partial charge in [-0.3, -0.25) is 9.69 Å². The lowest BCUT2D eigenvalue weighted by molar-refractivity contribution is -0.132. The van der Waals surface area contributed by atoms with Crippen molar-refractivity contribution in [2.75, 3.05) is 33.2 Å². The first kappa shape index (κ1) is 16.6. The fraction of sp³-hybridized carbons (Fsp3) is 0.615. The zero-order chi connectivity index (χ0) is 14.4. The summed E-state index contributed by atoms with van der Waals surface area (Å²) in [5.74, 6) is 0.154. The SMILES string of the molecule is CCN(CC)C(=O)CN(C)C(CN)c1ccc(Br)s1. The van der Waals surface area contributed by atoms with E-state index in [0.29, 0.717) is 13.1 Å². The maximum Gasteiger partial charge on any atom is 0.236 e. The van der Waals surface area contributed by atoms with Crippen LogP contribution in [0, 0.1) is 0 Å². The molecule has 1 amide bonds. The number of rotatable bonds is 7. The fourth-order valence-electron chi connectivity index (χ4n) is 2.02. The third-order valence-corrected chi connectivity index (χ3v) is 4.90. The van der Waals surface area contributed by atoms with Crippen molar-refractivity contribution >= 4 is 33.2 Å². The fourth-order valence-corrected chi connectivity index (χ4v) is 3.62. The molecule has 108 valence electrons. The normalized spacial score (nSPS) is 12.7. The number of carbonyl (C=O) groups is 1. The average Bonchev–Trinajstić information content (AvgIpc) is 2.78. The summed E-state index contributed by atoms with van der Waals surface area (Å²) in [5, 5.41) is 0. The topological polar surface area (TPSA) is 49.6 Å². The molecule has 0 aliphatic rings. The second kappa shape index (κ2) is 7.99. The Labute approximate surface area is 127 Å². The Bertz CT molecular complexity index is 406. The molecule has 1 unspecified atom stereocenters. The molecule has 0 aliphatic carbocycles. The van der Waals surface area contributed by atoms with E-state index in [1.165, 1.54) is 4.88 Å². The van der Waals surface area contributed by atoms with Gasteiger partial charge in [-0.1, -0.05) is 0 Å². The number of hydrogen-bond donors (Lipinski definition) is 1. The van der Waals surface area contributed by atoms with Gasteiger partial charge in [-0.15, -0.1) is 11.3 Å². The molecule has 1 heterocycles. The van der Waals surface area contributed by atoms with E-state index in [9.17, 15) is 4.79 Å². The Morgan fingerprint density at radius 1 is 1.42 bits per heavy atom. The zero-order valence-corrected chi connectivity index (χ0v) is 14.1. The van der Waals surface area contributed by atoms with Crippen LogP contribution in [-0.4, -0.2) is 48.9 Å². The highest BCUT2D eigenvalue weighted by Crippen LogP contribution is 2.29. The summed E-state index contributed by atoms with van der Waals surface area (Å²) in [6, 6.07) is 4.17. The smallest absolute Gasteiger partial charge is 0.236 e. The molecule has 0 bridgehead atoms. The number of carbonyl (C=O) groups excluding carboxylic acids is 1. The lowest BCUT2D eigenvalue weighted by atomic mass is 10.2. The van der Waals surface area contributed by atoms with Crippen molar-refractivity contribution in [3.8, 4) is 0 Å². The molecule has 0 fully saturated rings. The molecule has 2 N–H and O–H groups in total. The van der Waals surface area contributed by atoms with Crippen LogP contribution in [0.5, 0.6) is 0 Å². The maximum atomic E-state index is 12.1. The Kier molecular flexibility index (Phi) is 6.99. The Balaban J connectivity index is 2.69. The van der Waals surface area contributed by atoms with E-state index in [2.05, 4.69) is 22.0 Å². The highest BCUT2D eigenvalue weighted by molar-refractivity contribution is 9.11. The van der Waals surface area contributed by atoms with Crippen LogP contribution in [0.25, 0.3) is 0 Å². The summed E-state index contributed by atoms with van der Waals surface area (Å²) in [6.45, 7) is 6.41. The van der Waals surface area contributed by atoms with Crippen LogP contribution < -0.4 is 5.73 Å². The molecule has 6 heteroatoms. The summed E-state index contributed by atoms with van der Waals surface area (Å²) < 4.78 is 1.09. The lowest BCUT2D eigenvalue weighted by Gasteiger charge is -2.28. The van der Waals surface area contributed by atoms with Crippen molar-refractivity contribution in [1.29, 1.82) is 0 Å². The van der Waals surface area contributed by atoms with Gasteiger partial charge in [-0.2, -0.15) is 0 Å². The Morgan fingerprint density at radius 2 is 2.05 bits per heavy atom. The van der Waals surface area contributed by atoms with Crippen LogP contribution in [0.4, 0.5) is 0 Å². The van der Waals surface area contributed by atoms with E-state index in [-0.39, 0.29) is 11.9 Å². The van der Waals surface area contributed by atoms with E-state index in [1.807, 2.05) is 36.8 Å². The average molecular weight is 348 g/mol. The van der Waals surface area contributed by atoms with E-state index in [4.69, 9.17) is 5.73 Å². The van der Waals surface area contributed by atoms with Crippen LogP contribution in [0.3, 0.4) is 0 Å². The predicted octanol–water partition coefficient (Wildman–Crippen LogP) is 2.31. The van der Waals surface area contributed by atoms with Crippen LogP contribution in [0.1, 0.15) is 24.8 Å². The molecule has 4 nitrogen and oxygen atoms in total. The van der Waals surface area contributed by atoms with Crippen molar-refractivity contribution in [3.63, 3.8) is 0 Å². The molecule has 0 saturated carbocycles. The van der Waals surface area contributed by atoms with Gasteiger partial charge in [0, 0.05) is 24.5 Å². The van der Waals surface area contributed by atoms with Gasteiger partial charge in [0.15, 0.2) is 0 Å². The van der Waals surface area contributed by atoms with Crippen LogP contribution >= 0.6 is 27.3 Å². The number of thiophene rings is 1. The number of likely N-dealkylation sites (N-methyl/N-ethyl adjacent to an activating group) is 2. The second-order valence-electron chi connectivity index (χ2n) is 4.37. The van der Waals surface area contributed by atoms with Crippen molar-refractivity contribution in [1.82, 2.24) is 9.80 Å². The number of nitrogens with two attached hydrogens (primary N) is 1. The molecule has 0 spiro atoms. The van der Waals surface area contributed by atoms with E-state index < -0.39 is 0 Å². The quantitative estimate of drug-likeness (QED) is 0.823. The first-order valence-corrected chi connectivity index (χ1v) is 8.07. The third kappa shape index (κ3) is 4.56. The van der Waals surface area contributed by atoms with Crippen LogP contribution in [0.2, 0.25) is 0 Å². The van der Waals surface area contributed by atoms with Gasteiger partial charge in [-0.25, -0.2) is 0 Å². The summed E-state index contributed by atoms with van der Waals surface area (Å²) in [5.41, 5.74) is 5.86. The van der Waals surface area contributed by atoms with E-state index in [1.54, 1.807) is 11.3 Å². The first-order chi connectivity index (χ1) is 9.03. The highest BCUT2D eigenvalue weighted by atomic mass is 79.9. The van der Waals surface area contributed by atoms with Gasteiger partial charge in [0.1, 0.15) is 0 Å². The minimum Gasteiger partial charge on any atom is -0.342 e. The largest absolute Gasteiger partial charge is 0.342 e. The van der Waals surface area contributed by atoms with Crippen LogP contribution in [-0.2, 0) is 4.79 Å². The van der Waals surface area contributed by atoms with Gasteiger partial charge in [0.05, 0.1) is 16.4 Å². The minimum absolute atomic E-state index is 0.0933. The molecular formula is C13H22BrN3OS. The van der Waals surface area contributed by atoms with Crippen LogP contribution in [0.15, 0.2) is 15.9 Å². The Morgan fingerprint density at radius 3 is 2.47 bits per heavy atom. The summed E-state index contributed by atoms with van der Waals surface area (Å²) in [4.78, 5) is 17.2. The van der Waals surface area contributed by atoms with E-state index >= 15 is 0 Å². The molecule has 0 aromatic carbocycles. The van der Waals surface area contributed by atoms with Gasteiger partial charge < -0.3 is 10.6 Å². The molecule has 0 saturated heterocycles. The van der Waals surface area contributed by atoms with Gasteiger partial charge in [0.25, 0.3) is 0 Å². The number of amides is 1. The van der Waals surface area contributed by atoms with Gasteiger partial charge in [0.2, 0.25) is 5.91 Å². The molecule has 1 aromatic rings. The van der Waals surface area contributed by atoms with Crippen molar-refractivity contribution in [3.05, 3.63) is 20.8 Å². The number of nitrogens with zero attached hydrogens (tertiary/aromatic N) is 2. The molecule has 1 rings (SSSR count). The highest BCUT2D eigenvalue weighted by Gasteiger charge is 2.21. The molecule has 1 aromatic heterocycles. The molecule has 1 atom stereocenters. The summed E-state index contributed by atoms with van der Waals surface area (Å²) >= 11 is 5.13. The van der Waals surface area contributed by atoms with E-state index in [0.717, 1.165) is 16.9 Å². The lowest BCUT2D eigenvalue weighted by Crippen LogP contribution is -2.41. The molecular weight excluding hydrogens is 326 g/mol. The first-order valence-electron chi connectivity index (χ1n) is 6.46.